The third-order valence-corrected chi connectivity index (χ3v) is 9.54. The van der Waals surface area contributed by atoms with E-state index in [0.717, 1.165) is 30.4 Å². The number of halogens is 1. The fourth-order valence-corrected chi connectivity index (χ4v) is 6.65. The number of hydrogen-bond donors (Lipinski definition) is 7. The maximum atomic E-state index is 13.9. The summed E-state index contributed by atoms with van der Waals surface area (Å²) in [5.74, 6) is -3.66. The minimum atomic E-state index is -1.53. The van der Waals surface area contributed by atoms with Gasteiger partial charge in [0, 0.05) is 18.9 Å². The van der Waals surface area contributed by atoms with E-state index in [1.807, 2.05) is 64.1 Å². The first kappa shape index (κ1) is 45.2. The first-order valence-corrected chi connectivity index (χ1v) is 18.6. The Morgan fingerprint density at radius 2 is 1.26 bits per heavy atom. The van der Waals surface area contributed by atoms with Crippen molar-refractivity contribution in [2.75, 3.05) is 6.54 Å². The zero-order valence-corrected chi connectivity index (χ0v) is 32.3. The maximum absolute atomic E-state index is 13.9. The Labute approximate surface area is 320 Å². The van der Waals surface area contributed by atoms with Gasteiger partial charge in [-0.3, -0.25) is 24.0 Å². The number of carbonyl (C=O) groups excluding carboxylic acids is 4. The lowest BCUT2D eigenvalue weighted by Crippen LogP contribution is -2.61. The number of nitrogens with two attached hydrogens (primary N) is 1. The normalized spacial score (nSPS) is 16.6. The standard InChI is InChI=1S/C40H59N5O7.ClH/c1-26(2)20-30(36(49)42-25-27(3)4)23-34(46)31(21-28-14-8-5-9-15-28)43-38(51)33(24-35(47)48)44-37(50)32(22-29-16-10-6-11-17-29)45-39(52)40(41)18-12-7-13-19-40;/h5-6,8-11,14-17,26-27,30-34,46H,7,12-13,18-25,41H2,1-4H3,(H,42,49)(H,43,51)(H,44,50)(H,45,52)(H,47,48);1H/t30-,31+,32+,33+,34?;/m1./s1. The zero-order valence-electron chi connectivity index (χ0n) is 31.5. The highest BCUT2D eigenvalue weighted by Crippen LogP contribution is 2.26. The van der Waals surface area contributed by atoms with Crippen LogP contribution in [0.25, 0.3) is 0 Å². The summed E-state index contributed by atoms with van der Waals surface area (Å²) in [5, 5.41) is 32.5. The third kappa shape index (κ3) is 15.5. The van der Waals surface area contributed by atoms with E-state index < -0.39 is 65.8 Å². The Bertz CT molecular complexity index is 1450. The molecule has 0 bridgehead atoms. The molecule has 53 heavy (non-hydrogen) atoms. The van der Waals surface area contributed by atoms with Gasteiger partial charge in [-0.25, -0.2) is 0 Å². The van der Waals surface area contributed by atoms with E-state index in [9.17, 15) is 34.2 Å². The van der Waals surface area contributed by atoms with E-state index in [1.54, 1.807) is 24.3 Å². The highest BCUT2D eigenvalue weighted by Gasteiger charge is 2.38. The molecular weight excluding hydrogens is 698 g/mol. The summed E-state index contributed by atoms with van der Waals surface area (Å²) in [4.78, 5) is 66.5. The van der Waals surface area contributed by atoms with Crippen LogP contribution in [-0.2, 0) is 36.8 Å². The largest absolute Gasteiger partial charge is 0.481 e. The van der Waals surface area contributed by atoms with Crippen LogP contribution < -0.4 is 27.0 Å². The average molecular weight is 758 g/mol. The summed E-state index contributed by atoms with van der Waals surface area (Å²) in [6.07, 6.45) is 2.42. The Morgan fingerprint density at radius 3 is 1.79 bits per heavy atom. The second-order valence-electron chi connectivity index (χ2n) is 15.2. The molecule has 0 aliphatic heterocycles. The Hall–Kier alpha value is -4.00. The fourth-order valence-electron chi connectivity index (χ4n) is 6.65. The van der Waals surface area contributed by atoms with Gasteiger partial charge in [0.05, 0.1) is 24.1 Å². The number of aliphatic hydroxyl groups excluding tert-OH is 1. The molecule has 1 saturated carbocycles. The molecular formula is C40H60ClN5O7. The van der Waals surface area contributed by atoms with Gasteiger partial charge in [0.1, 0.15) is 12.1 Å². The van der Waals surface area contributed by atoms with Crippen LogP contribution >= 0.6 is 12.4 Å². The van der Waals surface area contributed by atoms with Crippen molar-refractivity contribution in [1.82, 2.24) is 21.3 Å². The molecule has 12 nitrogen and oxygen atoms in total. The number of benzene rings is 2. The van der Waals surface area contributed by atoms with Crippen molar-refractivity contribution in [1.29, 1.82) is 0 Å². The van der Waals surface area contributed by atoms with Crippen molar-refractivity contribution in [3.63, 3.8) is 0 Å². The minimum Gasteiger partial charge on any atom is -0.481 e. The number of aliphatic hydroxyl groups is 1. The van der Waals surface area contributed by atoms with Crippen molar-refractivity contribution in [2.24, 2.45) is 23.5 Å². The molecule has 13 heteroatoms. The molecule has 294 valence electrons. The molecule has 1 aliphatic rings. The smallest absolute Gasteiger partial charge is 0.305 e. The van der Waals surface area contributed by atoms with Crippen LogP contribution in [0, 0.1) is 17.8 Å². The van der Waals surface area contributed by atoms with Crippen LogP contribution in [0.5, 0.6) is 0 Å². The molecule has 0 radical (unpaired) electrons. The number of rotatable bonds is 20. The van der Waals surface area contributed by atoms with Gasteiger partial charge in [-0.05, 0) is 55.1 Å². The number of amides is 4. The molecule has 1 fully saturated rings. The molecule has 3 rings (SSSR count). The maximum Gasteiger partial charge on any atom is 0.305 e. The predicted octanol–water partition coefficient (Wildman–Crippen LogP) is 3.67. The molecule has 2 aromatic rings. The average Bonchev–Trinajstić information content (AvgIpc) is 3.10. The minimum absolute atomic E-state index is 0. The van der Waals surface area contributed by atoms with E-state index in [2.05, 4.69) is 21.3 Å². The Kier molecular flexibility index (Phi) is 19.0. The van der Waals surface area contributed by atoms with Crippen LogP contribution in [0.4, 0.5) is 0 Å². The number of carboxylic acid groups (broad SMARTS) is 1. The number of hydrogen-bond acceptors (Lipinski definition) is 7. The van der Waals surface area contributed by atoms with Crippen molar-refractivity contribution in [3.05, 3.63) is 71.8 Å². The second kappa shape index (κ2) is 22.3. The van der Waals surface area contributed by atoms with Crippen molar-refractivity contribution < 1.29 is 34.2 Å². The van der Waals surface area contributed by atoms with Crippen LogP contribution in [0.2, 0.25) is 0 Å². The lowest BCUT2D eigenvalue weighted by Gasteiger charge is -2.33. The van der Waals surface area contributed by atoms with E-state index in [4.69, 9.17) is 5.73 Å². The Morgan fingerprint density at radius 1 is 0.717 bits per heavy atom. The summed E-state index contributed by atoms with van der Waals surface area (Å²) >= 11 is 0. The summed E-state index contributed by atoms with van der Waals surface area (Å²) in [6.45, 7) is 8.46. The molecule has 0 spiro atoms. The van der Waals surface area contributed by atoms with E-state index in [-0.39, 0.29) is 49.4 Å². The van der Waals surface area contributed by atoms with Crippen molar-refractivity contribution >= 4 is 42.0 Å². The number of nitrogens with one attached hydrogen (secondary N) is 4. The van der Waals surface area contributed by atoms with Gasteiger partial charge in [0.15, 0.2) is 0 Å². The van der Waals surface area contributed by atoms with Crippen LogP contribution in [-0.4, -0.2) is 76.1 Å². The highest BCUT2D eigenvalue weighted by molar-refractivity contribution is 5.95. The summed E-state index contributed by atoms with van der Waals surface area (Å²) in [5.41, 5.74) is 6.90. The molecule has 0 aromatic heterocycles. The van der Waals surface area contributed by atoms with E-state index in [1.165, 1.54) is 0 Å². The van der Waals surface area contributed by atoms with E-state index >= 15 is 0 Å². The molecule has 0 heterocycles. The first-order chi connectivity index (χ1) is 24.7. The first-order valence-electron chi connectivity index (χ1n) is 18.6. The summed E-state index contributed by atoms with van der Waals surface area (Å²) < 4.78 is 0. The van der Waals surface area contributed by atoms with Gasteiger partial charge in [-0.2, -0.15) is 0 Å². The molecule has 0 saturated heterocycles. The zero-order chi connectivity index (χ0) is 38.3. The van der Waals surface area contributed by atoms with Gasteiger partial charge < -0.3 is 37.2 Å². The summed E-state index contributed by atoms with van der Waals surface area (Å²) in [6, 6.07) is 14.6. The molecule has 1 aliphatic carbocycles. The lowest BCUT2D eigenvalue weighted by molar-refractivity contribution is -0.141. The Balaban J connectivity index is 0.00000972. The molecule has 5 atom stereocenters. The second-order valence-corrected chi connectivity index (χ2v) is 15.2. The van der Waals surface area contributed by atoms with Gasteiger partial charge in [0.2, 0.25) is 23.6 Å². The van der Waals surface area contributed by atoms with Crippen LogP contribution in [0.3, 0.4) is 0 Å². The van der Waals surface area contributed by atoms with Crippen LogP contribution in [0.1, 0.15) is 90.2 Å². The van der Waals surface area contributed by atoms with Gasteiger partial charge in [-0.15, -0.1) is 12.4 Å². The molecule has 4 amide bonds. The van der Waals surface area contributed by atoms with Gasteiger partial charge in [-0.1, -0.05) is 108 Å². The number of carboxylic acids is 1. The van der Waals surface area contributed by atoms with Gasteiger partial charge in [0.25, 0.3) is 0 Å². The number of carbonyl (C=O) groups is 5. The SMILES string of the molecule is CC(C)CNC(=O)[C@H](CC(C)C)CC(O)[C@H](Cc1ccccc1)NC(=O)[C@H](CC(=O)O)NC(=O)[C@H](Cc1ccccc1)NC(=O)C1(N)CCCCC1.Cl. The number of aliphatic carboxylic acids is 1. The highest BCUT2D eigenvalue weighted by atomic mass is 35.5. The fraction of sp³-hybridized carbons (Fsp3) is 0.575. The predicted molar refractivity (Wildman–Crippen MR) is 207 cm³/mol. The molecule has 2 aromatic carbocycles. The van der Waals surface area contributed by atoms with Gasteiger partial charge >= 0.3 is 5.97 Å². The topological polar surface area (TPSA) is 200 Å². The third-order valence-electron chi connectivity index (χ3n) is 9.54. The lowest BCUT2D eigenvalue weighted by atomic mass is 9.81. The van der Waals surface area contributed by atoms with Crippen molar-refractivity contribution in [2.45, 2.75) is 122 Å². The van der Waals surface area contributed by atoms with Crippen LogP contribution in [0.15, 0.2) is 60.7 Å². The molecule has 1 unspecified atom stereocenters. The quantitative estimate of drug-likeness (QED) is 0.106. The van der Waals surface area contributed by atoms with E-state index in [0.29, 0.717) is 25.8 Å². The van der Waals surface area contributed by atoms with Crippen molar-refractivity contribution in [3.8, 4) is 0 Å². The summed E-state index contributed by atoms with van der Waals surface area (Å²) in [7, 11) is 0. The molecule has 8 N–H and O–H groups in total. The monoisotopic (exact) mass is 757 g/mol.